The van der Waals surface area contributed by atoms with Crippen molar-refractivity contribution in [2.24, 2.45) is 0 Å². The summed E-state index contributed by atoms with van der Waals surface area (Å²) >= 11 is 1.52. The highest BCUT2D eigenvalue weighted by Gasteiger charge is 2.24. The van der Waals surface area contributed by atoms with Crippen molar-refractivity contribution in [1.82, 2.24) is 20.0 Å². The summed E-state index contributed by atoms with van der Waals surface area (Å²) < 4.78 is 0. The highest BCUT2D eigenvalue weighted by Crippen LogP contribution is 2.18. The number of nitrogens with zero attached hydrogens (tertiary/aromatic N) is 3. The molecular weight excluding hydrogens is 352 g/mol. The van der Waals surface area contributed by atoms with Gasteiger partial charge < -0.3 is 15.1 Å². The maximum absolute atomic E-state index is 12.4. The van der Waals surface area contributed by atoms with Gasteiger partial charge in [-0.2, -0.15) is 0 Å². The third kappa shape index (κ3) is 4.82. The molecule has 2 aliphatic heterocycles. The zero-order valence-electron chi connectivity index (χ0n) is 15.2. The van der Waals surface area contributed by atoms with E-state index in [9.17, 15) is 14.4 Å². The molecule has 0 saturated carbocycles. The average molecular weight is 378 g/mol. The van der Waals surface area contributed by atoms with Crippen LogP contribution in [-0.2, 0) is 9.59 Å². The fourth-order valence-electron chi connectivity index (χ4n) is 3.33. The maximum atomic E-state index is 12.4. The molecule has 0 radical (unpaired) electrons. The molecule has 1 aromatic heterocycles. The second-order valence-corrected chi connectivity index (χ2v) is 8.13. The number of piperazine rings is 1. The number of likely N-dealkylation sites (tertiary alicyclic amines) is 1. The molecule has 0 atom stereocenters. The molecule has 0 aliphatic carbocycles. The molecule has 2 fully saturated rings. The van der Waals surface area contributed by atoms with Crippen LogP contribution in [0.15, 0.2) is 12.1 Å². The van der Waals surface area contributed by atoms with Gasteiger partial charge >= 0.3 is 0 Å². The fourth-order valence-corrected chi connectivity index (χ4v) is 4.16. The number of carbonyl (C=O) groups is 3. The van der Waals surface area contributed by atoms with E-state index in [-0.39, 0.29) is 30.8 Å². The Morgan fingerprint density at radius 2 is 1.69 bits per heavy atom. The van der Waals surface area contributed by atoms with Crippen molar-refractivity contribution in [2.75, 3.05) is 52.4 Å². The molecule has 7 nitrogen and oxygen atoms in total. The van der Waals surface area contributed by atoms with Crippen LogP contribution in [0.4, 0.5) is 0 Å². The Hall–Kier alpha value is -1.93. The Bertz CT molecular complexity index is 661. The van der Waals surface area contributed by atoms with Crippen LogP contribution >= 0.6 is 11.3 Å². The minimum Gasteiger partial charge on any atom is -0.346 e. The first-order chi connectivity index (χ1) is 12.5. The van der Waals surface area contributed by atoms with Gasteiger partial charge in [0.05, 0.1) is 18.0 Å². The second-order valence-electron chi connectivity index (χ2n) is 6.84. The average Bonchev–Trinajstić information content (AvgIpc) is 3.31. The molecule has 142 valence electrons. The number of carbonyl (C=O) groups excluding carboxylic acids is 3. The number of amides is 3. The molecule has 2 saturated heterocycles. The van der Waals surface area contributed by atoms with Gasteiger partial charge in [-0.25, -0.2) is 0 Å². The number of rotatable bonds is 5. The first kappa shape index (κ1) is 18.8. The van der Waals surface area contributed by atoms with Crippen LogP contribution in [0.5, 0.6) is 0 Å². The van der Waals surface area contributed by atoms with Gasteiger partial charge in [-0.3, -0.25) is 19.3 Å². The van der Waals surface area contributed by atoms with Gasteiger partial charge in [-0.15, -0.1) is 11.3 Å². The van der Waals surface area contributed by atoms with Gasteiger partial charge in [-0.1, -0.05) is 0 Å². The maximum Gasteiger partial charge on any atom is 0.264 e. The van der Waals surface area contributed by atoms with Crippen LogP contribution in [0.1, 0.15) is 27.4 Å². The van der Waals surface area contributed by atoms with E-state index in [4.69, 9.17) is 0 Å². The van der Waals surface area contributed by atoms with Crippen LogP contribution in [0.3, 0.4) is 0 Å². The molecule has 3 rings (SSSR count). The molecule has 0 bridgehead atoms. The van der Waals surface area contributed by atoms with E-state index in [0.717, 1.165) is 35.7 Å². The summed E-state index contributed by atoms with van der Waals surface area (Å²) in [6.45, 7) is 6.52. The van der Waals surface area contributed by atoms with Crippen molar-refractivity contribution in [3.63, 3.8) is 0 Å². The minimum absolute atomic E-state index is 0.00231. The highest BCUT2D eigenvalue weighted by atomic mass is 32.1. The van der Waals surface area contributed by atoms with E-state index in [1.165, 1.54) is 11.3 Å². The van der Waals surface area contributed by atoms with Gasteiger partial charge in [0.15, 0.2) is 0 Å². The van der Waals surface area contributed by atoms with Gasteiger partial charge in [0.25, 0.3) is 5.91 Å². The summed E-state index contributed by atoms with van der Waals surface area (Å²) in [6, 6.07) is 3.83. The molecule has 0 aromatic carbocycles. The largest absolute Gasteiger partial charge is 0.346 e. The molecule has 3 heterocycles. The Labute approximate surface area is 157 Å². The van der Waals surface area contributed by atoms with Gasteiger partial charge in [0, 0.05) is 44.1 Å². The lowest BCUT2D eigenvalue weighted by molar-refractivity contribution is -0.132. The third-order valence-corrected chi connectivity index (χ3v) is 5.86. The first-order valence-electron chi connectivity index (χ1n) is 9.15. The monoisotopic (exact) mass is 378 g/mol. The summed E-state index contributed by atoms with van der Waals surface area (Å²) in [5, 5.41) is 2.72. The van der Waals surface area contributed by atoms with E-state index in [0.29, 0.717) is 26.2 Å². The normalized spacial score (nSPS) is 18.2. The van der Waals surface area contributed by atoms with Crippen LogP contribution in [0.2, 0.25) is 0 Å². The molecule has 1 aromatic rings. The minimum atomic E-state index is -0.133. The van der Waals surface area contributed by atoms with Gasteiger partial charge in [0.2, 0.25) is 11.8 Å². The smallest absolute Gasteiger partial charge is 0.264 e. The van der Waals surface area contributed by atoms with Crippen LogP contribution in [-0.4, -0.2) is 84.8 Å². The molecule has 3 amide bonds. The highest BCUT2D eigenvalue weighted by molar-refractivity contribution is 7.13. The van der Waals surface area contributed by atoms with Gasteiger partial charge in [-0.05, 0) is 31.9 Å². The Kier molecular flexibility index (Phi) is 6.26. The van der Waals surface area contributed by atoms with Crippen molar-refractivity contribution in [2.45, 2.75) is 19.8 Å². The summed E-state index contributed by atoms with van der Waals surface area (Å²) in [4.78, 5) is 44.0. The van der Waals surface area contributed by atoms with E-state index in [1.807, 2.05) is 28.9 Å². The van der Waals surface area contributed by atoms with E-state index in [1.54, 1.807) is 4.90 Å². The summed E-state index contributed by atoms with van der Waals surface area (Å²) in [7, 11) is 0. The van der Waals surface area contributed by atoms with Crippen LogP contribution in [0.25, 0.3) is 0 Å². The standard InChI is InChI=1S/C18H26N4O3S/c1-14-4-5-15(26-14)18(25)22-10-8-20(9-11-22)13-16(23)19-12-17(24)21-6-2-3-7-21/h4-5H,2-3,6-13H2,1H3,(H,19,23). The Balaban J connectivity index is 1.37. The lowest BCUT2D eigenvalue weighted by atomic mass is 10.3. The molecule has 8 heteroatoms. The van der Waals surface area contributed by atoms with Crippen molar-refractivity contribution >= 4 is 29.1 Å². The third-order valence-electron chi connectivity index (χ3n) is 4.87. The predicted molar refractivity (Wildman–Crippen MR) is 100 cm³/mol. The molecule has 0 unspecified atom stereocenters. The lowest BCUT2D eigenvalue weighted by Crippen LogP contribution is -2.51. The number of aryl methyl sites for hydroxylation is 1. The zero-order valence-corrected chi connectivity index (χ0v) is 16.0. The van der Waals surface area contributed by atoms with Crippen molar-refractivity contribution in [3.05, 3.63) is 21.9 Å². The molecule has 2 aliphatic rings. The Morgan fingerprint density at radius 1 is 1.00 bits per heavy atom. The molecule has 26 heavy (non-hydrogen) atoms. The SMILES string of the molecule is Cc1ccc(C(=O)N2CCN(CC(=O)NCC(=O)N3CCCC3)CC2)s1. The van der Waals surface area contributed by atoms with E-state index >= 15 is 0 Å². The zero-order chi connectivity index (χ0) is 18.5. The van der Waals surface area contributed by atoms with Crippen molar-refractivity contribution < 1.29 is 14.4 Å². The molecule has 1 N–H and O–H groups in total. The summed E-state index contributed by atoms with van der Waals surface area (Å²) in [5.41, 5.74) is 0. The summed E-state index contributed by atoms with van der Waals surface area (Å²) in [6.07, 6.45) is 2.10. The van der Waals surface area contributed by atoms with Crippen LogP contribution in [0, 0.1) is 6.92 Å². The fraction of sp³-hybridized carbons (Fsp3) is 0.611. The van der Waals surface area contributed by atoms with E-state index in [2.05, 4.69) is 5.32 Å². The lowest BCUT2D eigenvalue weighted by Gasteiger charge is -2.34. The number of hydrogen-bond donors (Lipinski definition) is 1. The quantitative estimate of drug-likeness (QED) is 0.812. The van der Waals surface area contributed by atoms with Crippen LogP contribution < -0.4 is 5.32 Å². The number of thiophene rings is 1. The first-order valence-corrected chi connectivity index (χ1v) is 9.97. The van der Waals surface area contributed by atoms with Crippen molar-refractivity contribution in [3.8, 4) is 0 Å². The predicted octanol–water partition coefficient (Wildman–Crippen LogP) is 0.553. The number of nitrogens with one attached hydrogen (secondary N) is 1. The molecule has 0 spiro atoms. The second kappa shape index (κ2) is 8.64. The van der Waals surface area contributed by atoms with Gasteiger partial charge in [0.1, 0.15) is 0 Å². The van der Waals surface area contributed by atoms with Crippen molar-refractivity contribution in [1.29, 1.82) is 0 Å². The number of hydrogen-bond acceptors (Lipinski definition) is 5. The Morgan fingerprint density at radius 3 is 2.31 bits per heavy atom. The summed E-state index contributed by atoms with van der Waals surface area (Å²) in [5.74, 6) is -0.0628. The van der Waals surface area contributed by atoms with E-state index < -0.39 is 0 Å². The topological polar surface area (TPSA) is 73.0 Å². The molecular formula is C18H26N4O3S.